The van der Waals surface area contributed by atoms with Gasteiger partial charge in [0.05, 0.1) is 7.11 Å². The molecule has 4 nitrogen and oxygen atoms in total. The molecule has 118 valence electrons. The van der Waals surface area contributed by atoms with Gasteiger partial charge >= 0.3 is 5.97 Å². The van der Waals surface area contributed by atoms with Gasteiger partial charge in [0.15, 0.2) is 0 Å². The predicted molar refractivity (Wildman–Crippen MR) is 92.1 cm³/mol. The Hall–Kier alpha value is -2.23. The molecule has 0 aromatic carbocycles. The molecule has 0 unspecified atom stereocenters. The maximum atomic E-state index is 10.8. The Morgan fingerprint density at radius 2 is 2.09 bits per heavy atom. The van der Waals surface area contributed by atoms with Gasteiger partial charge in [0.25, 0.3) is 0 Å². The largest absolute Gasteiger partial charge is 0.466 e. The zero-order valence-corrected chi connectivity index (χ0v) is 13.2. The lowest BCUT2D eigenvalue weighted by atomic mass is 10.2. The van der Waals surface area contributed by atoms with E-state index in [1.165, 1.54) is 37.8 Å². The molecule has 0 aromatic rings. The van der Waals surface area contributed by atoms with E-state index >= 15 is 0 Å². The molecule has 22 heavy (non-hydrogen) atoms. The average Bonchev–Trinajstić information content (AvgIpc) is 3.34. The zero-order valence-electron chi connectivity index (χ0n) is 13.2. The number of allylic oxidation sites excluding steroid dienone is 4. The number of methoxy groups -OCH3 is 1. The SMILES string of the molecule is C=C(CCCC=N/C=C/C(=O)OC)N=C/C=C\C(=C)C1CC1. The molecule has 0 heterocycles. The van der Waals surface area contributed by atoms with Crippen LogP contribution in [-0.2, 0) is 9.53 Å². The fraction of sp³-hybridized carbons (Fsp3) is 0.389. The average molecular weight is 300 g/mol. The van der Waals surface area contributed by atoms with Crippen LogP contribution in [0.4, 0.5) is 0 Å². The molecule has 1 saturated carbocycles. The Bertz CT molecular complexity index is 509. The van der Waals surface area contributed by atoms with Crippen LogP contribution in [0.2, 0.25) is 0 Å². The summed E-state index contributed by atoms with van der Waals surface area (Å²) in [7, 11) is 1.33. The minimum atomic E-state index is -0.405. The first-order valence-electron chi connectivity index (χ1n) is 7.47. The predicted octanol–water partition coefficient (Wildman–Crippen LogP) is 4.02. The van der Waals surface area contributed by atoms with Crippen LogP contribution in [0, 0.1) is 5.92 Å². The topological polar surface area (TPSA) is 51.0 Å². The maximum absolute atomic E-state index is 10.8. The summed E-state index contributed by atoms with van der Waals surface area (Å²) >= 11 is 0. The number of ether oxygens (including phenoxy) is 1. The number of carbonyl (C=O) groups excluding carboxylic acids is 1. The Morgan fingerprint density at radius 3 is 2.77 bits per heavy atom. The fourth-order valence-corrected chi connectivity index (χ4v) is 1.67. The lowest BCUT2D eigenvalue weighted by molar-refractivity contribution is -0.134. The summed E-state index contributed by atoms with van der Waals surface area (Å²) in [6, 6.07) is 0. The highest BCUT2D eigenvalue weighted by Crippen LogP contribution is 2.35. The van der Waals surface area contributed by atoms with Crippen molar-refractivity contribution in [1.82, 2.24) is 0 Å². The number of rotatable bonds is 10. The van der Waals surface area contributed by atoms with E-state index in [0.29, 0.717) is 5.92 Å². The molecule has 1 rings (SSSR count). The van der Waals surface area contributed by atoms with E-state index in [1.54, 1.807) is 12.4 Å². The van der Waals surface area contributed by atoms with E-state index < -0.39 is 5.97 Å². The second-order valence-corrected chi connectivity index (χ2v) is 5.12. The molecule has 0 spiro atoms. The minimum Gasteiger partial charge on any atom is -0.466 e. The molecule has 1 fully saturated rings. The number of unbranched alkanes of at least 4 members (excludes halogenated alkanes) is 1. The number of hydrogen-bond donors (Lipinski definition) is 0. The summed E-state index contributed by atoms with van der Waals surface area (Å²) in [4.78, 5) is 19.0. The van der Waals surface area contributed by atoms with Gasteiger partial charge in [-0.25, -0.2) is 4.79 Å². The van der Waals surface area contributed by atoms with E-state index in [2.05, 4.69) is 27.9 Å². The minimum absolute atomic E-state index is 0.405. The number of esters is 1. The van der Waals surface area contributed by atoms with Gasteiger partial charge in [0.2, 0.25) is 0 Å². The van der Waals surface area contributed by atoms with Crippen LogP contribution in [0.1, 0.15) is 32.1 Å². The molecular weight excluding hydrogens is 276 g/mol. The second-order valence-electron chi connectivity index (χ2n) is 5.12. The van der Waals surface area contributed by atoms with Gasteiger partial charge in [-0.1, -0.05) is 24.8 Å². The van der Waals surface area contributed by atoms with Gasteiger partial charge < -0.3 is 4.74 Å². The van der Waals surface area contributed by atoms with Gasteiger partial charge in [0.1, 0.15) is 0 Å². The van der Waals surface area contributed by atoms with Crippen LogP contribution in [0.5, 0.6) is 0 Å². The molecule has 0 N–H and O–H groups in total. The third kappa shape index (κ3) is 8.84. The molecule has 0 radical (unpaired) electrons. The van der Waals surface area contributed by atoms with Crippen LogP contribution >= 0.6 is 0 Å². The molecule has 0 amide bonds. The number of nitrogens with zero attached hydrogens (tertiary/aromatic N) is 2. The first-order chi connectivity index (χ1) is 10.6. The van der Waals surface area contributed by atoms with E-state index in [1.807, 2.05) is 12.2 Å². The first kappa shape index (κ1) is 17.8. The Kier molecular flexibility index (Phi) is 8.50. The molecule has 1 aliphatic rings. The molecule has 0 saturated heterocycles. The number of hydrogen-bond acceptors (Lipinski definition) is 4. The standard InChI is InChI=1S/C18H24N2O2/c1-15(17-9-10-17)7-6-13-20-16(2)8-4-5-12-19-14-11-18(21)22-3/h6-7,11-14,17H,1-2,4-5,8-10H2,3H3/b7-6-,14-11+,19-12?,20-13?. The van der Waals surface area contributed by atoms with Crippen molar-refractivity contribution < 1.29 is 9.53 Å². The zero-order chi connectivity index (χ0) is 16.2. The molecular formula is C18H24N2O2. The Labute approximate surface area is 132 Å². The van der Waals surface area contributed by atoms with Gasteiger partial charge in [-0.15, -0.1) is 0 Å². The first-order valence-corrected chi connectivity index (χ1v) is 7.47. The number of carbonyl (C=O) groups is 1. The lowest BCUT2D eigenvalue weighted by Gasteiger charge is -1.96. The third-order valence-corrected chi connectivity index (χ3v) is 3.16. The van der Waals surface area contributed by atoms with Crippen LogP contribution in [0.25, 0.3) is 0 Å². The third-order valence-electron chi connectivity index (χ3n) is 3.16. The molecule has 0 aliphatic heterocycles. The molecule has 0 atom stereocenters. The smallest absolute Gasteiger partial charge is 0.332 e. The quantitative estimate of drug-likeness (QED) is 0.201. The van der Waals surface area contributed by atoms with Crippen molar-refractivity contribution in [1.29, 1.82) is 0 Å². The number of aliphatic imine (C=N–C) groups is 2. The van der Waals surface area contributed by atoms with Gasteiger partial charge in [-0.05, 0) is 44.1 Å². The molecule has 4 heteroatoms. The van der Waals surface area contributed by atoms with Crippen molar-refractivity contribution in [3.63, 3.8) is 0 Å². The van der Waals surface area contributed by atoms with Crippen molar-refractivity contribution in [2.24, 2.45) is 15.9 Å². The highest BCUT2D eigenvalue weighted by Gasteiger charge is 2.22. The molecule has 0 aromatic heterocycles. The highest BCUT2D eigenvalue weighted by atomic mass is 16.5. The Morgan fingerprint density at radius 1 is 1.32 bits per heavy atom. The summed E-state index contributed by atoms with van der Waals surface area (Å²) in [6.45, 7) is 7.93. The summed E-state index contributed by atoms with van der Waals surface area (Å²) < 4.78 is 4.45. The van der Waals surface area contributed by atoms with Crippen LogP contribution in [0.3, 0.4) is 0 Å². The van der Waals surface area contributed by atoms with Crippen molar-refractivity contribution in [3.8, 4) is 0 Å². The molecule has 0 bridgehead atoms. The van der Waals surface area contributed by atoms with Crippen molar-refractivity contribution >= 4 is 18.4 Å². The summed E-state index contributed by atoms with van der Waals surface area (Å²) in [5.41, 5.74) is 2.04. The fourth-order valence-electron chi connectivity index (χ4n) is 1.67. The van der Waals surface area contributed by atoms with E-state index in [0.717, 1.165) is 25.0 Å². The van der Waals surface area contributed by atoms with Crippen LogP contribution < -0.4 is 0 Å². The van der Waals surface area contributed by atoms with Crippen molar-refractivity contribution in [2.75, 3.05) is 7.11 Å². The Balaban J connectivity index is 2.09. The normalized spacial score (nSPS) is 15.3. The summed E-state index contributed by atoms with van der Waals surface area (Å²) in [6.07, 6.45) is 15.3. The summed E-state index contributed by atoms with van der Waals surface area (Å²) in [5, 5.41) is 0. The van der Waals surface area contributed by atoms with Crippen LogP contribution in [-0.4, -0.2) is 25.5 Å². The highest BCUT2D eigenvalue weighted by molar-refractivity contribution is 5.81. The van der Waals surface area contributed by atoms with Crippen LogP contribution in [0.15, 0.2) is 58.8 Å². The van der Waals surface area contributed by atoms with Gasteiger partial charge in [-0.2, -0.15) is 0 Å². The monoisotopic (exact) mass is 300 g/mol. The van der Waals surface area contributed by atoms with Crippen molar-refractivity contribution in [2.45, 2.75) is 32.1 Å². The second kappa shape index (κ2) is 10.5. The van der Waals surface area contributed by atoms with E-state index in [4.69, 9.17) is 0 Å². The van der Waals surface area contributed by atoms with E-state index in [9.17, 15) is 4.79 Å². The van der Waals surface area contributed by atoms with Crippen molar-refractivity contribution in [3.05, 3.63) is 48.9 Å². The maximum Gasteiger partial charge on any atom is 0.332 e. The lowest BCUT2D eigenvalue weighted by Crippen LogP contribution is -1.92. The van der Waals surface area contributed by atoms with Gasteiger partial charge in [0, 0.05) is 30.4 Å². The van der Waals surface area contributed by atoms with Gasteiger partial charge in [-0.3, -0.25) is 9.98 Å². The summed E-state index contributed by atoms with van der Waals surface area (Å²) in [5.74, 6) is 0.289. The molecule has 1 aliphatic carbocycles. The van der Waals surface area contributed by atoms with E-state index in [-0.39, 0.29) is 0 Å².